The average Bonchev–Trinajstić information content (AvgIpc) is 3.86. The maximum absolute atomic E-state index is 13.5. The lowest BCUT2D eigenvalue weighted by molar-refractivity contribution is -0.136. The molecule has 5 aliphatic heterocycles. The third-order valence-electron chi connectivity index (χ3n) is 14.7. The average molecular weight is 1030 g/mol. The van der Waals surface area contributed by atoms with Gasteiger partial charge in [-0.1, -0.05) is 6.07 Å². The summed E-state index contributed by atoms with van der Waals surface area (Å²) in [6.45, 7) is 14.9. The number of rotatable bonds is 12. The molecule has 70 heavy (non-hydrogen) atoms. The van der Waals surface area contributed by atoms with Gasteiger partial charge < -0.3 is 29.7 Å². The quantitative estimate of drug-likeness (QED) is 0.0992. The number of fused-ring (bicyclic) bond motifs is 1. The second kappa shape index (κ2) is 18.9. The highest BCUT2D eigenvalue weighted by Crippen LogP contribution is 2.43. The van der Waals surface area contributed by atoms with Gasteiger partial charge in [0.25, 0.3) is 11.8 Å². The van der Waals surface area contributed by atoms with Gasteiger partial charge in [-0.3, -0.25) is 43.9 Å². The molecule has 3 aromatic carbocycles. The van der Waals surface area contributed by atoms with Crippen molar-refractivity contribution in [3.8, 4) is 16.9 Å². The summed E-state index contributed by atoms with van der Waals surface area (Å²) in [7, 11) is 0.955. The summed E-state index contributed by atoms with van der Waals surface area (Å²) >= 11 is 3.62. The zero-order valence-electron chi connectivity index (χ0n) is 40.3. The van der Waals surface area contributed by atoms with E-state index in [1.807, 2.05) is 56.2 Å². The summed E-state index contributed by atoms with van der Waals surface area (Å²) in [4.78, 5) is 71.3. The highest BCUT2D eigenvalue weighted by molar-refractivity contribution is 9.10. The predicted octanol–water partition coefficient (Wildman–Crippen LogP) is 5.88. The molecule has 0 radical (unpaired) electrons. The van der Waals surface area contributed by atoms with Crippen molar-refractivity contribution >= 4 is 86.5 Å². The first-order valence-electron chi connectivity index (χ1n) is 23.8. The maximum atomic E-state index is 13.5. The second-order valence-corrected chi connectivity index (χ2v) is 23.4. The lowest BCUT2D eigenvalue weighted by Gasteiger charge is -2.50. The number of hydrogen-bond donors (Lipinski definition) is 3. The van der Waals surface area contributed by atoms with Gasteiger partial charge in [0, 0.05) is 124 Å². The first kappa shape index (κ1) is 47.5. The molecule has 5 aromatic rings. The largest absolute Gasteiger partial charge is 0.494 e. The highest BCUT2D eigenvalue weighted by Gasteiger charge is 2.45. The van der Waals surface area contributed by atoms with Crippen molar-refractivity contribution in [3.05, 3.63) is 87.8 Å². The number of carbonyl (C=O) groups excluding carboxylic acids is 4. The molecule has 7 heterocycles. The van der Waals surface area contributed by atoms with Crippen molar-refractivity contribution in [2.75, 3.05) is 93.2 Å². The molecule has 1 unspecified atom stereocenters. The van der Waals surface area contributed by atoms with Crippen molar-refractivity contribution in [1.29, 1.82) is 0 Å². The molecule has 0 aliphatic carbocycles. The third kappa shape index (κ3) is 9.08. The van der Waals surface area contributed by atoms with Crippen LogP contribution in [0.25, 0.3) is 11.1 Å². The Hall–Kier alpha value is -6.14. The number of aromatic nitrogens is 4. The molecule has 0 spiro atoms. The van der Waals surface area contributed by atoms with Gasteiger partial charge in [-0.2, -0.15) is 10.1 Å². The SMILES string of the molecule is COc1cc(N2CCN(C3CCN(C4CN(c5ccc6c(c5)C(=O)N(C5CCC(=O)NC5=O)C6=O)C4)CC3)CC2)c(-c2cnn(C)c2)cc1Nc1ncc(Br)c(Nc2ccc(C)c(C)c2P(C)(C)=O)n1. The van der Waals surface area contributed by atoms with Crippen LogP contribution in [0.15, 0.2) is 65.5 Å². The highest BCUT2D eigenvalue weighted by atomic mass is 79.9. The van der Waals surface area contributed by atoms with Crippen LogP contribution < -0.4 is 35.8 Å². The van der Waals surface area contributed by atoms with Crippen molar-refractivity contribution in [1.82, 2.24) is 39.8 Å². The summed E-state index contributed by atoms with van der Waals surface area (Å²) in [6, 6.07) is 13.4. The molecule has 0 saturated carbocycles. The second-order valence-electron chi connectivity index (χ2n) is 19.4. The Bertz CT molecular complexity index is 2970. The number of imide groups is 2. The van der Waals surface area contributed by atoms with Crippen LogP contribution in [0.1, 0.15) is 57.5 Å². The summed E-state index contributed by atoms with van der Waals surface area (Å²) in [6.07, 6.45) is 8.01. The zero-order chi connectivity index (χ0) is 49.2. The minimum atomic E-state index is -2.63. The molecule has 18 nitrogen and oxygen atoms in total. The Morgan fingerprint density at radius 1 is 0.800 bits per heavy atom. The van der Waals surface area contributed by atoms with Gasteiger partial charge in [0.05, 0.1) is 40.3 Å². The van der Waals surface area contributed by atoms with Crippen LogP contribution in [0.4, 0.5) is 34.5 Å². The molecule has 4 amide bonds. The van der Waals surface area contributed by atoms with Crippen LogP contribution in [-0.2, 0) is 21.2 Å². The standard InChI is InChI=1S/C50H58BrN12O6P/c1-29-7-10-39(45(30(29)2)70(5,6)68)54-46-38(51)25-52-50(57-46)55-40-22-36(31-24-53-58(3)26-31)42(23-43(40)69-4)61-19-17-60(18-20-61)32-13-15-59(16-14-32)34-27-62(28-34)33-8-9-35-37(21-33)49(67)63(48(35)66)41-11-12-44(64)56-47(41)65/h7-10,21-26,32,34,41H,11-20,27-28H2,1-6H3,(H,56,64,65)(H2,52,54,55,57). The molecule has 0 bridgehead atoms. The van der Waals surface area contributed by atoms with E-state index in [1.165, 1.54) is 0 Å². The topological polar surface area (TPSA) is 190 Å². The van der Waals surface area contributed by atoms with E-state index in [2.05, 4.69) is 73.7 Å². The van der Waals surface area contributed by atoms with Gasteiger partial charge >= 0.3 is 0 Å². The first-order valence-corrected chi connectivity index (χ1v) is 27.2. The zero-order valence-corrected chi connectivity index (χ0v) is 42.8. The van der Waals surface area contributed by atoms with E-state index in [-0.39, 0.29) is 12.8 Å². The number of amides is 4. The Labute approximate surface area is 415 Å². The van der Waals surface area contributed by atoms with Crippen LogP contribution in [-0.4, -0.2) is 149 Å². The Morgan fingerprint density at radius 2 is 1.53 bits per heavy atom. The predicted molar refractivity (Wildman–Crippen MR) is 274 cm³/mol. The van der Waals surface area contributed by atoms with Crippen LogP contribution in [0.5, 0.6) is 5.75 Å². The molecule has 20 heteroatoms. The van der Waals surface area contributed by atoms with Gasteiger partial charge in [-0.05, 0) is 104 Å². The number of nitrogens with one attached hydrogen (secondary N) is 3. The number of carbonyl (C=O) groups is 4. The number of hydrogen-bond acceptors (Lipinski definition) is 15. The maximum Gasteiger partial charge on any atom is 0.262 e. The molecular weight excluding hydrogens is 976 g/mol. The molecule has 5 aliphatic rings. The lowest BCUT2D eigenvalue weighted by Crippen LogP contribution is -2.62. The van der Waals surface area contributed by atoms with Crippen LogP contribution in [0.2, 0.25) is 0 Å². The van der Waals surface area contributed by atoms with E-state index in [0.29, 0.717) is 50.9 Å². The fourth-order valence-corrected chi connectivity index (χ4v) is 12.7. The molecular formula is C50H58BrN12O6P. The number of anilines is 6. The number of piperidine rings is 2. The van der Waals surface area contributed by atoms with Crippen molar-refractivity contribution in [2.24, 2.45) is 7.05 Å². The number of likely N-dealkylation sites (tertiary alicyclic amines) is 1. The summed E-state index contributed by atoms with van der Waals surface area (Å²) < 4.78 is 22.0. The minimum absolute atomic E-state index is 0.0897. The van der Waals surface area contributed by atoms with Gasteiger partial charge in [-0.25, -0.2) is 4.98 Å². The Kier molecular flexibility index (Phi) is 12.8. The van der Waals surface area contributed by atoms with E-state index in [4.69, 9.17) is 9.72 Å². The lowest BCUT2D eigenvalue weighted by atomic mass is 9.97. The van der Waals surface area contributed by atoms with Crippen LogP contribution in [0, 0.1) is 13.8 Å². The molecule has 4 fully saturated rings. The number of nitrogens with zero attached hydrogens (tertiary/aromatic N) is 9. The van der Waals surface area contributed by atoms with Crippen molar-refractivity contribution in [2.45, 2.75) is 57.7 Å². The van der Waals surface area contributed by atoms with Gasteiger partial charge in [0.1, 0.15) is 24.8 Å². The van der Waals surface area contributed by atoms with E-state index in [9.17, 15) is 23.7 Å². The van der Waals surface area contributed by atoms with Crippen LogP contribution >= 0.6 is 23.1 Å². The fraction of sp³-hybridized carbons (Fsp3) is 0.420. The summed E-state index contributed by atoms with van der Waals surface area (Å²) in [5.74, 6) is -0.421. The number of halogens is 1. The minimum Gasteiger partial charge on any atom is -0.494 e. The van der Waals surface area contributed by atoms with E-state index < -0.39 is 36.8 Å². The number of piperazine rings is 1. The summed E-state index contributed by atoms with van der Waals surface area (Å²) in [5.41, 5.74) is 8.07. The van der Waals surface area contributed by atoms with Gasteiger partial charge in [0.15, 0.2) is 0 Å². The number of benzene rings is 3. The third-order valence-corrected chi connectivity index (χ3v) is 16.9. The van der Waals surface area contributed by atoms with E-state index in [1.54, 1.807) is 38.8 Å². The summed E-state index contributed by atoms with van der Waals surface area (Å²) in [5, 5.41) is 14.4. The first-order chi connectivity index (χ1) is 33.5. The molecule has 366 valence electrons. The van der Waals surface area contributed by atoms with Gasteiger partial charge in [-0.15, -0.1) is 0 Å². The monoisotopic (exact) mass is 1030 g/mol. The normalized spacial score (nSPS) is 19.6. The van der Waals surface area contributed by atoms with E-state index in [0.717, 1.165) is 115 Å². The number of methoxy groups -OCH3 is 1. The molecule has 4 saturated heterocycles. The van der Waals surface area contributed by atoms with Crippen LogP contribution in [0.3, 0.4) is 0 Å². The van der Waals surface area contributed by atoms with Crippen molar-refractivity contribution < 1.29 is 28.5 Å². The number of aryl methyl sites for hydroxylation is 2. The Balaban J connectivity index is 0.768. The van der Waals surface area contributed by atoms with Gasteiger partial charge in [0.2, 0.25) is 17.8 Å². The smallest absolute Gasteiger partial charge is 0.262 e. The fourth-order valence-electron chi connectivity index (χ4n) is 10.7. The molecule has 1 atom stereocenters. The van der Waals surface area contributed by atoms with E-state index >= 15 is 0 Å². The molecule has 3 N–H and O–H groups in total. The Morgan fingerprint density at radius 3 is 2.21 bits per heavy atom. The molecule has 10 rings (SSSR count). The molecule has 2 aromatic heterocycles. The number of ether oxygens (including phenoxy) is 1. The van der Waals surface area contributed by atoms with Crippen molar-refractivity contribution in [3.63, 3.8) is 0 Å².